The van der Waals surface area contributed by atoms with E-state index < -0.39 is 33.4 Å². The Kier molecular flexibility index (Phi) is 3.98. The summed E-state index contributed by atoms with van der Waals surface area (Å²) < 4.78 is 62.6. The average molecular weight is 362 g/mol. The summed E-state index contributed by atoms with van der Waals surface area (Å²) in [5.41, 5.74) is -1.27. The van der Waals surface area contributed by atoms with Crippen molar-refractivity contribution in [3.8, 4) is 0 Å². The molecule has 11 heteroatoms. The largest absolute Gasteiger partial charge is 0.420 e. The zero-order chi connectivity index (χ0) is 17.5. The predicted molar refractivity (Wildman–Crippen MR) is 76.6 cm³/mol. The molecular weight excluding hydrogens is 349 g/mol. The summed E-state index contributed by atoms with van der Waals surface area (Å²) in [7, 11) is -3.19. The van der Waals surface area contributed by atoms with Gasteiger partial charge in [-0.05, 0) is 18.6 Å². The fourth-order valence-corrected chi connectivity index (χ4v) is 4.36. The third-order valence-corrected chi connectivity index (χ3v) is 5.60. The molecule has 3 rings (SSSR count). The highest BCUT2D eigenvalue weighted by atomic mass is 32.2. The zero-order valence-electron chi connectivity index (χ0n) is 12.2. The molecule has 1 saturated heterocycles. The average Bonchev–Trinajstić information content (AvgIpc) is 3.06. The lowest BCUT2D eigenvalue weighted by Gasteiger charge is -2.09. The van der Waals surface area contributed by atoms with Gasteiger partial charge in [-0.2, -0.15) is 13.2 Å². The highest BCUT2D eigenvalue weighted by molar-refractivity contribution is 7.91. The van der Waals surface area contributed by atoms with Gasteiger partial charge in [0.05, 0.1) is 24.0 Å². The SMILES string of the molecule is O=C(NCc1nnc2c(C(F)(F)F)cccn12)C1CCS(=O)(=O)C1. The van der Waals surface area contributed by atoms with Gasteiger partial charge in [0.15, 0.2) is 21.3 Å². The number of aromatic nitrogens is 3. The van der Waals surface area contributed by atoms with Gasteiger partial charge in [0.2, 0.25) is 5.91 Å². The summed E-state index contributed by atoms with van der Waals surface area (Å²) in [5.74, 6) is -1.21. The highest BCUT2D eigenvalue weighted by Gasteiger charge is 2.35. The van der Waals surface area contributed by atoms with E-state index in [0.717, 1.165) is 10.5 Å². The topological polar surface area (TPSA) is 93.4 Å². The van der Waals surface area contributed by atoms with E-state index in [4.69, 9.17) is 0 Å². The van der Waals surface area contributed by atoms with Gasteiger partial charge in [0.25, 0.3) is 0 Å². The number of nitrogens with one attached hydrogen (secondary N) is 1. The second-order valence-electron chi connectivity index (χ2n) is 5.55. The minimum atomic E-state index is -4.56. The van der Waals surface area contributed by atoms with Crippen LogP contribution in [-0.2, 0) is 27.4 Å². The van der Waals surface area contributed by atoms with Gasteiger partial charge in [-0.1, -0.05) is 0 Å². The van der Waals surface area contributed by atoms with E-state index in [0.29, 0.717) is 0 Å². The van der Waals surface area contributed by atoms with Crippen LogP contribution in [0.25, 0.3) is 5.65 Å². The number of hydrogen-bond donors (Lipinski definition) is 1. The van der Waals surface area contributed by atoms with Gasteiger partial charge in [-0.15, -0.1) is 10.2 Å². The molecule has 0 spiro atoms. The first-order valence-corrected chi connectivity index (χ1v) is 8.87. The summed E-state index contributed by atoms with van der Waals surface area (Å²) >= 11 is 0. The second-order valence-corrected chi connectivity index (χ2v) is 7.78. The molecule has 0 radical (unpaired) electrons. The van der Waals surface area contributed by atoms with Crippen molar-refractivity contribution >= 4 is 21.4 Å². The van der Waals surface area contributed by atoms with E-state index in [1.807, 2.05) is 0 Å². The number of hydrogen-bond acceptors (Lipinski definition) is 5. The summed E-state index contributed by atoms with van der Waals surface area (Å²) in [4.78, 5) is 12.0. The first-order chi connectivity index (χ1) is 11.2. The molecule has 0 bridgehead atoms. The maximum atomic E-state index is 12.9. The van der Waals surface area contributed by atoms with E-state index >= 15 is 0 Å². The zero-order valence-corrected chi connectivity index (χ0v) is 13.1. The Bertz CT molecular complexity index is 891. The van der Waals surface area contributed by atoms with Crippen LogP contribution in [-0.4, -0.2) is 40.4 Å². The van der Waals surface area contributed by atoms with Crippen molar-refractivity contribution in [1.29, 1.82) is 0 Å². The number of fused-ring (bicyclic) bond motifs is 1. The summed E-state index contributed by atoms with van der Waals surface area (Å²) in [5, 5.41) is 9.71. The standard InChI is InChI=1S/C13H13F3N4O3S/c14-13(15,16)9-2-1-4-20-10(18-19-11(9)20)6-17-12(21)8-3-5-24(22,23)7-8/h1-2,4,8H,3,5-7H2,(H,17,21). The number of carbonyl (C=O) groups is 1. The Balaban J connectivity index is 1.76. The van der Waals surface area contributed by atoms with Crippen LogP contribution in [0.3, 0.4) is 0 Å². The van der Waals surface area contributed by atoms with E-state index in [2.05, 4.69) is 15.5 Å². The molecular formula is C13H13F3N4O3S. The van der Waals surface area contributed by atoms with Gasteiger partial charge >= 0.3 is 6.18 Å². The number of pyridine rings is 1. The summed E-state index contributed by atoms with van der Waals surface area (Å²) in [6.45, 7) is -0.141. The van der Waals surface area contributed by atoms with Crippen LogP contribution in [0.5, 0.6) is 0 Å². The number of sulfone groups is 1. The van der Waals surface area contributed by atoms with Gasteiger partial charge in [-0.25, -0.2) is 8.42 Å². The van der Waals surface area contributed by atoms with Crippen LogP contribution >= 0.6 is 0 Å². The summed E-state index contributed by atoms with van der Waals surface area (Å²) in [6, 6.07) is 2.11. The lowest BCUT2D eigenvalue weighted by molar-refractivity contribution is -0.136. The van der Waals surface area contributed by atoms with Crippen LogP contribution in [0, 0.1) is 5.92 Å². The first kappa shape index (κ1) is 16.7. The van der Waals surface area contributed by atoms with Crippen LogP contribution in [0.15, 0.2) is 18.3 Å². The molecule has 130 valence electrons. The second kappa shape index (κ2) is 5.72. The maximum Gasteiger partial charge on any atom is 0.420 e. The van der Waals surface area contributed by atoms with Gasteiger partial charge in [-0.3, -0.25) is 9.20 Å². The van der Waals surface area contributed by atoms with E-state index in [9.17, 15) is 26.4 Å². The lowest BCUT2D eigenvalue weighted by Crippen LogP contribution is -2.31. The van der Waals surface area contributed by atoms with Crippen LogP contribution < -0.4 is 5.32 Å². The third-order valence-electron chi connectivity index (χ3n) is 3.83. The van der Waals surface area contributed by atoms with Crippen molar-refractivity contribution in [1.82, 2.24) is 19.9 Å². The normalized spacial score (nSPS) is 20.4. The Hall–Kier alpha value is -2.17. The molecule has 2 aromatic heterocycles. The molecule has 24 heavy (non-hydrogen) atoms. The molecule has 2 aromatic rings. The Morgan fingerprint density at radius 1 is 1.38 bits per heavy atom. The van der Waals surface area contributed by atoms with Gasteiger partial charge in [0, 0.05) is 6.20 Å². The van der Waals surface area contributed by atoms with Gasteiger partial charge in [0.1, 0.15) is 5.56 Å². The molecule has 0 aromatic carbocycles. The highest BCUT2D eigenvalue weighted by Crippen LogP contribution is 2.31. The fourth-order valence-electron chi connectivity index (χ4n) is 2.62. The lowest BCUT2D eigenvalue weighted by atomic mass is 10.1. The Morgan fingerprint density at radius 2 is 2.12 bits per heavy atom. The van der Waals surface area contributed by atoms with Crippen LogP contribution in [0.1, 0.15) is 17.8 Å². The Morgan fingerprint density at radius 3 is 2.75 bits per heavy atom. The number of carbonyl (C=O) groups excluding carboxylic acids is 1. The van der Waals surface area contributed by atoms with Crippen molar-refractivity contribution in [3.05, 3.63) is 29.7 Å². The molecule has 1 N–H and O–H groups in total. The van der Waals surface area contributed by atoms with Crippen molar-refractivity contribution in [2.75, 3.05) is 11.5 Å². The van der Waals surface area contributed by atoms with Gasteiger partial charge < -0.3 is 5.32 Å². The fraction of sp³-hybridized carbons (Fsp3) is 0.462. The number of amides is 1. The van der Waals surface area contributed by atoms with Crippen molar-refractivity contribution < 1.29 is 26.4 Å². The van der Waals surface area contributed by atoms with Crippen LogP contribution in [0.4, 0.5) is 13.2 Å². The Labute approximate surface area is 134 Å². The van der Waals surface area contributed by atoms with E-state index in [1.54, 1.807) is 0 Å². The number of alkyl halides is 3. The summed E-state index contributed by atoms with van der Waals surface area (Å²) in [6.07, 6.45) is -2.95. The monoisotopic (exact) mass is 362 g/mol. The first-order valence-electron chi connectivity index (χ1n) is 7.05. The van der Waals surface area contributed by atoms with Crippen molar-refractivity contribution in [2.24, 2.45) is 5.92 Å². The number of rotatable bonds is 3. The quantitative estimate of drug-likeness (QED) is 0.872. The molecule has 3 heterocycles. The number of halogens is 3. The molecule has 1 amide bonds. The van der Waals surface area contributed by atoms with Crippen molar-refractivity contribution in [2.45, 2.75) is 19.1 Å². The minimum absolute atomic E-state index is 0.0338. The minimum Gasteiger partial charge on any atom is -0.349 e. The van der Waals surface area contributed by atoms with E-state index in [-0.39, 0.29) is 35.9 Å². The maximum absolute atomic E-state index is 12.9. The molecule has 1 aliphatic heterocycles. The molecule has 1 atom stereocenters. The smallest absolute Gasteiger partial charge is 0.349 e. The molecule has 7 nitrogen and oxygen atoms in total. The van der Waals surface area contributed by atoms with Crippen molar-refractivity contribution in [3.63, 3.8) is 0 Å². The predicted octanol–water partition coefficient (Wildman–Crippen LogP) is 0.799. The molecule has 0 saturated carbocycles. The molecule has 1 fully saturated rings. The molecule has 1 aliphatic rings. The molecule has 1 unspecified atom stereocenters. The third kappa shape index (κ3) is 3.21. The van der Waals surface area contributed by atoms with E-state index in [1.165, 1.54) is 12.3 Å². The van der Waals surface area contributed by atoms with Crippen LogP contribution in [0.2, 0.25) is 0 Å². The number of nitrogens with zero attached hydrogens (tertiary/aromatic N) is 3. The molecule has 0 aliphatic carbocycles.